The molecule has 3 nitrogen and oxygen atoms in total. The third kappa shape index (κ3) is 3.52. The molecule has 0 radical (unpaired) electrons. The second kappa shape index (κ2) is 4.98. The van der Waals surface area contributed by atoms with Crippen LogP contribution in [0.15, 0.2) is 24.5 Å². The average Bonchev–Trinajstić information content (AvgIpc) is 2.68. The number of hydrogen-bond acceptors (Lipinski definition) is 2. The fourth-order valence-electron chi connectivity index (χ4n) is 1.46. The monoisotopic (exact) mass is 273 g/mol. The zero-order chi connectivity index (χ0) is 14.0. The highest BCUT2D eigenvalue weighted by Crippen LogP contribution is 2.10. The molecule has 2 aromatic rings. The van der Waals surface area contributed by atoms with Crippen molar-refractivity contribution < 1.29 is 4.39 Å². The lowest BCUT2D eigenvalue weighted by Gasteiger charge is -2.02. The number of pyridine rings is 1. The van der Waals surface area contributed by atoms with Crippen molar-refractivity contribution in [1.29, 1.82) is 0 Å². The number of halogens is 1. The normalized spacial score (nSPS) is 11.0. The number of nitrogens with zero attached hydrogens (tertiary/aromatic N) is 3. The molecule has 2 heterocycles. The smallest absolute Gasteiger partial charge is 0.153 e. The second-order valence-electron chi connectivity index (χ2n) is 5.41. The van der Waals surface area contributed by atoms with Gasteiger partial charge in [-0.1, -0.05) is 25.6 Å². The lowest BCUT2D eigenvalue weighted by molar-refractivity contribution is 0.619. The summed E-state index contributed by atoms with van der Waals surface area (Å²) in [4.78, 5) is 4.00. The zero-order valence-corrected chi connectivity index (χ0v) is 12.5. The van der Waals surface area contributed by atoms with Crippen molar-refractivity contribution in [2.24, 2.45) is 0 Å². The van der Waals surface area contributed by atoms with Gasteiger partial charge in [-0.25, -0.2) is 14.1 Å². The molecule has 0 aliphatic heterocycles. The Labute approximate surface area is 113 Å². The van der Waals surface area contributed by atoms with E-state index in [1.165, 1.54) is 12.3 Å². The van der Waals surface area contributed by atoms with E-state index in [0.29, 0.717) is 5.82 Å². The Bertz CT molecular complexity index is 642. The minimum atomic E-state index is -1.40. The highest BCUT2D eigenvalue weighted by molar-refractivity contribution is 6.83. The summed E-state index contributed by atoms with van der Waals surface area (Å²) in [6.45, 7) is 8.50. The van der Waals surface area contributed by atoms with Crippen molar-refractivity contribution in [2.45, 2.75) is 26.6 Å². The van der Waals surface area contributed by atoms with Crippen LogP contribution in [-0.2, 0) is 0 Å². The highest BCUT2D eigenvalue weighted by Gasteiger charge is 2.09. The van der Waals surface area contributed by atoms with E-state index in [9.17, 15) is 4.39 Å². The van der Waals surface area contributed by atoms with E-state index in [1.54, 1.807) is 10.7 Å². The molecule has 98 valence electrons. The highest BCUT2D eigenvalue weighted by atomic mass is 28.3. The molecule has 0 unspecified atom stereocenters. The van der Waals surface area contributed by atoms with Gasteiger partial charge in [0.15, 0.2) is 5.82 Å². The van der Waals surface area contributed by atoms with Gasteiger partial charge >= 0.3 is 0 Å². The van der Waals surface area contributed by atoms with Crippen molar-refractivity contribution >= 4 is 8.07 Å². The number of hydrogen-bond donors (Lipinski definition) is 0. The van der Waals surface area contributed by atoms with Crippen molar-refractivity contribution in [3.05, 3.63) is 41.6 Å². The molecule has 0 N–H and O–H groups in total. The SMILES string of the molecule is Cc1nn(-c2ccc(F)cn2)cc1C#C[Si](C)(C)C. The molecule has 0 aliphatic rings. The van der Waals surface area contributed by atoms with Crippen LogP contribution in [0.25, 0.3) is 5.82 Å². The molecule has 0 fully saturated rings. The molecular weight excluding hydrogens is 257 g/mol. The van der Waals surface area contributed by atoms with Crippen LogP contribution in [0.5, 0.6) is 0 Å². The van der Waals surface area contributed by atoms with E-state index >= 15 is 0 Å². The maximum Gasteiger partial charge on any atom is 0.153 e. The molecule has 2 rings (SSSR count). The number of rotatable bonds is 1. The summed E-state index contributed by atoms with van der Waals surface area (Å²) < 4.78 is 14.5. The van der Waals surface area contributed by atoms with Crippen LogP contribution in [0.3, 0.4) is 0 Å². The van der Waals surface area contributed by atoms with Gasteiger partial charge in [0.25, 0.3) is 0 Å². The van der Waals surface area contributed by atoms with Gasteiger partial charge in [-0.15, -0.1) is 5.54 Å². The topological polar surface area (TPSA) is 30.7 Å². The summed E-state index contributed by atoms with van der Waals surface area (Å²) >= 11 is 0. The molecule has 5 heteroatoms. The molecule has 0 saturated heterocycles. The van der Waals surface area contributed by atoms with E-state index in [1.807, 2.05) is 13.1 Å². The van der Waals surface area contributed by atoms with Crippen LogP contribution < -0.4 is 0 Å². The van der Waals surface area contributed by atoms with Gasteiger partial charge in [0, 0.05) is 6.20 Å². The summed E-state index contributed by atoms with van der Waals surface area (Å²) in [5.41, 5.74) is 5.06. The summed E-state index contributed by atoms with van der Waals surface area (Å²) in [5.74, 6) is 3.41. The summed E-state index contributed by atoms with van der Waals surface area (Å²) in [7, 11) is -1.40. The first-order chi connectivity index (χ1) is 8.85. The third-order valence-electron chi connectivity index (χ3n) is 2.42. The fourth-order valence-corrected chi connectivity index (χ4v) is 1.97. The van der Waals surface area contributed by atoms with Gasteiger partial charge in [0.05, 0.1) is 17.5 Å². The molecule has 2 aromatic heterocycles. The fraction of sp³-hybridized carbons (Fsp3) is 0.286. The molecular formula is C14H16FN3Si. The molecule has 0 atom stereocenters. The van der Waals surface area contributed by atoms with Crippen LogP contribution in [0.1, 0.15) is 11.3 Å². The van der Waals surface area contributed by atoms with Crippen LogP contribution in [0.2, 0.25) is 19.6 Å². The lowest BCUT2D eigenvalue weighted by atomic mass is 10.3. The standard InChI is InChI=1S/C14H16FN3Si/c1-11-12(7-8-19(2,3)4)10-18(17-11)14-6-5-13(15)9-16-14/h5-6,9-10H,1-4H3. The Balaban J connectivity index is 2.35. The first-order valence-corrected chi connectivity index (χ1v) is 9.56. The predicted molar refractivity (Wildman–Crippen MR) is 76.3 cm³/mol. The molecule has 0 saturated carbocycles. The van der Waals surface area contributed by atoms with Crippen molar-refractivity contribution in [3.8, 4) is 17.3 Å². The second-order valence-corrected chi connectivity index (χ2v) is 10.2. The van der Waals surface area contributed by atoms with E-state index < -0.39 is 8.07 Å². The summed E-state index contributed by atoms with van der Waals surface area (Å²) in [6.07, 6.45) is 3.02. The number of aryl methyl sites for hydroxylation is 1. The first kappa shape index (κ1) is 13.5. The van der Waals surface area contributed by atoms with Gasteiger partial charge < -0.3 is 0 Å². The van der Waals surface area contributed by atoms with Gasteiger partial charge in [0.2, 0.25) is 0 Å². The minimum Gasteiger partial charge on any atom is -0.234 e. The van der Waals surface area contributed by atoms with Crippen LogP contribution in [-0.4, -0.2) is 22.8 Å². The first-order valence-electron chi connectivity index (χ1n) is 6.06. The third-order valence-corrected chi connectivity index (χ3v) is 3.29. The largest absolute Gasteiger partial charge is 0.234 e. The van der Waals surface area contributed by atoms with Gasteiger partial charge in [-0.2, -0.15) is 5.10 Å². The van der Waals surface area contributed by atoms with E-state index in [4.69, 9.17) is 0 Å². The lowest BCUT2D eigenvalue weighted by Crippen LogP contribution is -2.16. The van der Waals surface area contributed by atoms with E-state index in [-0.39, 0.29) is 5.82 Å². The molecule has 0 aliphatic carbocycles. The Kier molecular flexibility index (Phi) is 3.54. The van der Waals surface area contributed by atoms with E-state index in [2.05, 4.69) is 41.2 Å². The van der Waals surface area contributed by atoms with Gasteiger partial charge in [-0.3, -0.25) is 0 Å². The quantitative estimate of drug-likeness (QED) is 0.591. The maximum absolute atomic E-state index is 12.8. The molecule has 0 bridgehead atoms. The minimum absolute atomic E-state index is 0.355. The zero-order valence-electron chi connectivity index (χ0n) is 11.5. The predicted octanol–water partition coefficient (Wildman–Crippen LogP) is 2.94. The van der Waals surface area contributed by atoms with Gasteiger partial charge in [-0.05, 0) is 19.1 Å². The average molecular weight is 273 g/mol. The molecule has 19 heavy (non-hydrogen) atoms. The Morgan fingerprint density at radius 1 is 1.26 bits per heavy atom. The van der Waals surface area contributed by atoms with Crippen molar-refractivity contribution in [2.75, 3.05) is 0 Å². The van der Waals surface area contributed by atoms with Crippen LogP contribution in [0.4, 0.5) is 4.39 Å². The van der Waals surface area contributed by atoms with E-state index in [0.717, 1.165) is 11.3 Å². The summed E-state index contributed by atoms with van der Waals surface area (Å²) in [6, 6.07) is 2.96. The Morgan fingerprint density at radius 2 is 2.00 bits per heavy atom. The summed E-state index contributed by atoms with van der Waals surface area (Å²) in [5, 5.41) is 4.36. The van der Waals surface area contributed by atoms with Crippen molar-refractivity contribution in [3.63, 3.8) is 0 Å². The molecule has 0 aromatic carbocycles. The Hall–Kier alpha value is -1.93. The van der Waals surface area contributed by atoms with Crippen molar-refractivity contribution in [1.82, 2.24) is 14.8 Å². The maximum atomic E-state index is 12.8. The van der Waals surface area contributed by atoms with Crippen LogP contribution >= 0.6 is 0 Å². The number of aromatic nitrogens is 3. The van der Waals surface area contributed by atoms with Crippen LogP contribution in [0, 0.1) is 24.2 Å². The van der Waals surface area contributed by atoms with Gasteiger partial charge in [0.1, 0.15) is 13.9 Å². The molecule has 0 amide bonds. The molecule has 0 spiro atoms. The Morgan fingerprint density at radius 3 is 2.58 bits per heavy atom.